The third-order valence-corrected chi connectivity index (χ3v) is 2.91. The van der Waals surface area contributed by atoms with Gasteiger partial charge >= 0.3 is 5.51 Å². The van der Waals surface area contributed by atoms with Crippen LogP contribution in [0.15, 0.2) is 18.5 Å². The molecule has 1 rings (SSSR count). The van der Waals surface area contributed by atoms with E-state index in [0.717, 1.165) is 0 Å². The number of carbonyl (C=O) groups is 1. The molecule has 114 valence electrons. The van der Waals surface area contributed by atoms with Gasteiger partial charge in [-0.1, -0.05) is 11.8 Å². The van der Waals surface area contributed by atoms with Crippen LogP contribution in [0, 0.1) is 11.8 Å². The first-order valence-corrected chi connectivity index (χ1v) is 6.95. The Morgan fingerprint density at radius 1 is 1.48 bits per heavy atom. The van der Waals surface area contributed by atoms with E-state index in [9.17, 15) is 18.0 Å². The van der Waals surface area contributed by atoms with Crippen molar-refractivity contribution in [2.45, 2.75) is 11.9 Å². The number of halogens is 3. The van der Waals surface area contributed by atoms with Gasteiger partial charge in [0.05, 0.1) is 17.7 Å². The van der Waals surface area contributed by atoms with Crippen LogP contribution in [0.1, 0.15) is 22.3 Å². The molecule has 0 atom stereocenters. The van der Waals surface area contributed by atoms with Crippen LogP contribution in [0.5, 0.6) is 0 Å². The van der Waals surface area contributed by atoms with Gasteiger partial charge in [0.15, 0.2) is 0 Å². The van der Waals surface area contributed by atoms with Crippen LogP contribution in [0.2, 0.25) is 0 Å². The maximum atomic E-state index is 11.9. The Morgan fingerprint density at radius 2 is 2.24 bits per heavy atom. The second kappa shape index (κ2) is 8.54. The first kappa shape index (κ1) is 17.3. The lowest BCUT2D eigenvalue weighted by molar-refractivity contribution is -0.0327. The predicted octanol–water partition coefficient (Wildman–Crippen LogP) is 1.80. The van der Waals surface area contributed by atoms with E-state index >= 15 is 0 Å². The number of nitrogens with zero attached hydrogens (tertiary/aromatic N) is 1. The first-order chi connectivity index (χ1) is 9.94. The van der Waals surface area contributed by atoms with E-state index in [0.29, 0.717) is 5.56 Å². The van der Waals surface area contributed by atoms with Crippen LogP contribution in [0.4, 0.5) is 13.2 Å². The molecule has 2 N–H and O–H groups in total. The molecular weight excluding hydrogens is 305 g/mol. The third kappa shape index (κ3) is 7.02. The highest BCUT2D eigenvalue weighted by Gasteiger charge is 2.27. The van der Waals surface area contributed by atoms with Crippen LogP contribution in [-0.2, 0) is 0 Å². The van der Waals surface area contributed by atoms with E-state index in [-0.39, 0.29) is 42.7 Å². The molecule has 0 bridgehead atoms. The number of hydrogen-bond acceptors (Lipinski definition) is 4. The van der Waals surface area contributed by atoms with E-state index in [4.69, 9.17) is 5.11 Å². The van der Waals surface area contributed by atoms with Crippen LogP contribution >= 0.6 is 11.8 Å². The van der Waals surface area contributed by atoms with Gasteiger partial charge in [0.25, 0.3) is 5.91 Å². The van der Waals surface area contributed by atoms with Crippen molar-refractivity contribution < 1.29 is 23.1 Å². The Kier molecular flexibility index (Phi) is 7.05. The topological polar surface area (TPSA) is 62.2 Å². The first-order valence-electron chi connectivity index (χ1n) is 5.96. The molecule has 0 spiro atoms. The summed E-state index contributed by atoms with van der Waals surface area (Å²) in [6.45, 7) is -0.196. The summed E-state index contributed by atoms with van der Waals surface area (Å²) in [4.78, 5) is 15.7. The molecule has 0 fully saturated rings. The molecular formula is C13H13F3N2O2S. The molecule has 0 radical (unpaired) electrons. The van der Waals surface area contributed by atoms with E-state index in [2.05, 4.69) is 22.1 Å². The Morgan fingerprint density at radius 3 is 2.90 bits per heavy atom. The minimum atomic E-state index is -4.30. The smallest absolute Gasteiger partial charge is 0.395 e. The van der Waals surface area contributed by atoms with Crippen molar-refractivity contribution >= 4 is 17.7 Å². The largest absolute Gasteiger partial charge is 0.441 e. The fraction of sp³-hybridized carbons (Fsp3) is 0.385. The van der Waals surface area contributed by atoms with Crippen molar-refractivity contribution in [3.05, 3.63) is 29.6 Å². The lowest BCUT2D eigenvalue weighted by Gasteiger charge is -2.08. The molecule has 0 saturated carbocycles. The number of aliphatic hydroxyl groups excluding tert-OH is 1. The summed E-state index contributed by atoms with van der Waals surface area (Å²) in [6, 6.07) is 1.44. The Labute approximate surface area is 124 Å². The molecule has 0 aliphatic rings. The van der Waals surface area contributed by atoms with Crippen molar-refractivity contribution in [2.75, 3.05) is 18.9 Å². The molecule has 0 unspecified atom stereocenters. The number of carbonyl (C=O) groups excluding carboxylic acids is 1. The highest BCUT2D eigenvalue weighted by molar-refractivity contribution is 8.00. The number of pyridine rings is 1. The van der Waals surface area contributed by atoms with E-state index < -0.39 is 11.4 Å². The molecule has 1 aromatic rings. The average Bonchev–Trinajstić information content (AvgIpc) is 2.43. The number of alkyl halides is 3. The predicted molar refractivity (Wildman–Crippen MR) is 73.7 cm³/mol. The Hall–Kier alpha value is -1.72. The number of aliphatic hydroxyl groups is 1. The van der Waals surface area contributed by atoms with Gasteiger partial charge < -0.3 is 10.4 Å². The normalized spacial score (nSPS) is 10.7. The summed E-state index contributed by atoms with van der Waals surface area (Å²) in [5.41, 5.74) is -3.69. The number of nitrogens with one attached hydrogen (secondary N) is 1. The summed E-state index contributed by atoms with van der Waals surface area (Å²) >= 11 is -0.191. The Balaban J connectivity index is 2.60. The van der Waals surface area contributed by atoms with Gasteiger partial charge in [0.2, 0.25) is 0 Å². The summed E-state index contributed by atoms with van der Waals surface area (Å²) in [5.74, 6) is 4.59. The minimum Gasteiger partial charge on any atom is -0.395 e. The van der Waals surface area contributed by atoms with E-state index in [1.54, 1.807) is 0 Å². The molecule has 8 heteroatoms. The molecule has 0 aliphatic carbocycles. The van der Waals surface area contributed by atoms with Gasteiger partial charge in [-0.25, -0.2) is 0 Å². The molecule has 1 aromatic heterocycles. The van der Waals surface area contributed by atoms with Crippen LogP contribution in [-0.4, -0.2) is 40.4 Å². The zero-order chi connectivity index (χ0) is 15.7. The molecule has 1 amide bonds. The second-order valence-corrected chi connectivity index (χ2v) is 4.91. The maximum Gasteiger partial charge on any atom is 0.441 e. The lowest BCUT2D eigenvalue weighted by Crippen LogP contribution is -2.27. The molecule has 4 nitrogen and oxygen atoms in total. The fourth-order valence-electron chi connectivity index (χ4n) is 1.33. The fourth-order valence-corrected chi connectivity index (χ4v) is 1.77. The van der Waals surface area contributed by atoms with E-state index in [1.165, 1.54) is 18.5 Å². The summed E-state index contributed by atoms with van der Waals surface area (Å²) in [5, 5.41) is 11.0. The number of aromatic nitrogens is 1. The Bertz CT molecular complexity index is 538. The molecule has 0 aliphatic heterocycles. The van der Waals surface area contributed by atoms with Gasteiger partial charge in [-0.2, -0.15) is 13.2 Å². The molecule has 0 saturated heterocycles. The lowest BCUT2D eigenvalue weighted by atomic mass is 10.1. The monoisotopic (exact) mass is 318 g/mol. The zero-order valence-electron chi connectivity index (χ0n) is 10.9. The standard InChI is InChI=1S/C13H13F3N2O2S/c14-13(15,16)21-8-6-18-12(20)11-4-5-17-9-10(11)3-1-2-7-19/h4-5,9,19H,2,6-8H2,(H,18,20). The van der Waals surface area contributed by atoms with E-state index in [1.807, 2.05) is 0 Å². The van der Waals surface area contributed by atoms with Gasteiger partial charge in [0, 0.05) is 31.1 Å². The summed E-state index contributed by atoms with van der Waals surface area (Å²) in [7, 11) is 0. The average molecular weight is 318 g/mol. The van der Waals surface area contributed by atoms with Gasteiger partial charge in [-0.15, -0.1) is 0 Å². The van der Waals surface area contributed by atoms with Crippen molar-refractivity contribution in [1.82, 2.24) is 10.3 Å². The number of thioether (sulfide) groups is 1. The number of hydrogen-bond donors (Lipinski definition) is 2. The zero-order valence-corrected chi connectivity index (χ0v) is 11.7. The summed E-state index contributed by atoms with van der Waals surface area (Å²) in [6.07, 6.45) is 3.05. The van der Waals surface area contributed by atoms with Crippen LogP contribution < -0.4 is 5.32 Å². The van der Waals surface area contributed by atoms with Crippen molar-refractivity contribution in [3.8, 4) is 11.8 Å². The van der Waals surface area contributed by atoms with Crippen LogP contribution in [0.25, 0.3) is 0 Å². The van der Waals surface area contributed by atoms with Crippen molar-refractivity contribution in [3.63, 3.8) is 0 Å². The molecule has 1 heterocycles. The third-order valence-electron chi connectivity index (χ3n) is 2.18. The van der Waals surface area contributed by atoms with Crippen LogP contribution in [0.3, 0.4) is 0 Å². The maximum absolute atomic E-state index is 11.9. The quantitative estimate of drug-likeness (QED) is 0.642. The SMILES string of the molecule is O=C(NCCSC(F)(F)F)c1ccncc1C#CCCO. The number of rotatable bonds is 5. The highest BCUT2D eigenvalue weighted by Crippen LogP contribution is 2.29. The minimum absolute atomic E-state index is 0.0938. The van der Waals surface area contributed by atoms with Gasteiger partial charge in [0.1, 0.15) is 0 Å². The summed E-state index contributed by atoms with van der Waals surface area (Å²) < 4.78 is 35.8. The van der Waals surface area contributed by atoms with Crippen molar-refractivity contribution in [2.24, 2.45) is 0 Å². The second-order valence-electron chi connectivity index (χ2n) is 3.75. The van der Waals surface area contributed by atoms with Crippen molar-refractivity contribution in [1.29, 1.82) is 0 Å². The number of amides is 1. The molecule has 21 heavy (non-hydrogen) atoms. The van der Waals surface area contributed by atoms with Gasteiger partial charge in [-0.3, -0.25) is 9.78 Å². The van der Waals surface area contributed by atoms with Gasteiger partial charge in [-0.05, 0) is 17.8 Å². The molecule has 0 aromatic carbocycles. The highest BCUT2D eigenvalue weighted by atomic mass is 32.2.